The van der Waals surface area contributed by atoms with E-state index in [1.807, 2.05) is 6.92 Å². The Bertz CT molecular complexity index is 738. The maximum Gasteiger partial charge on any atom is 0.273 e. The molecule has 0 bridgehead atoms. The number of fused-ring (bicyclic) bond motifs is 1. The van der Waals surface area contributed by atoms with Crippen LogP contribution in [0.2, 0.25) is 0 Å². The van der Waals surface area contributed by atoms with Gasteiger partial charge in [0, 0.05) is 25.2 Å². The van der Waals surface area contributed by atoms with Crippen LogP contribution in [0.25, 0.3) is 0 Å². The van der Waals surface area contributed by atoms with Crippen molar-refractivity contribution in [2.45, 2.75) is 59.2 Å². The van der Waals surface area contributed by atoms with Gasteiger partial charge in [-0.1, -0.05) is 43.3 Å². The van der Waals surface area contributed by atoms with Crippen molar-refractivity contribution in [2.24, 2.45) is 5.92 Å². The molecule has 0 saturated carbocycles. The van der Waals surface area contributed by atoms with Gasteiger partial charge in [-0.3, -0.25) is 9.69 Å². The number of benzene rings is 1. The first-order chi connectivity index (χ1) is 12.5. The van der Waals surface area contributed by atoms with E-state index in [9.17, 15) is 4.79 Å². The lowest BCUT2D eigenvalue weighted by atomic mass is 10.00. The van der Waals surface area contributed by atoms with Crippen LogP contribution in [-0.2, 0) is 19.5 Å². The van der Waals surface area contributed by atoms with Crippen LogP contribution < -0.4 is 5.32 Å². The molecule has 1 aromatic heterocycles. The summed E-state index contributed by atoms with van der Waals surface area (Å²) in [6, 6.07) is 10.5. The number of hydrogen-bond donors (Lipinski definition) is 1. The van der Waals surface area contributed by atoms with Crippen LogP contribution in [-0.4, -0.2) is 28.6 Å². The summed E-state index contributed by atoms with van der Waals surface area (Å²) in [6.07, 6.45) is 3.12. The Morgan fingerprint density at radius 1 is 1.23 bits per heavy atom. The number of carbonyl (C=O) groups is 1. The minimum Gasteiger partial charge on any atom is -0.359 e. The fraction of sp³-hybridized carbons (Fsp3) is 0.524. The second-order valence-corrected chi connectivity index (χ2v) is 7.75. The van der Waals surface area contributed by atoms with E-state index in [1.54, 1.807) is 6.07 Å². The fourth-order valence-corrected chi connectivity index (χ4v) is 3.36. The topological polar surface area (TPSA) is 58.4 Å². The lowest BCUT2D eigenvalue weighted by Gasteiger charge is -2.27. The van der Waals surface area contributed by atoms with Crippen molar-refractivity contribution in [3.63, 3.8) is 0 Å². The average Bonchev–Trinajstić information content (AvgIpc) is 3.08. The predicted octanol–water partition coefficient (Wildman–Crippen LogP) is 3.79. The first-order valence-corrected chi connectivity index (χ1v) is 9.57. The summed E-state index contributed by atoms with van der Waals surface area (Å²) in [5, 5.41) is 6.97. The zero-order valence-corrected chi connectivity index (χ0v) is 16.0. The van der Waals surface area contributed by atoms with Gasteiger partial charge in [-0.05, 0) is 43.2 Å². The molecule has 1 atom stereocenters. The molecule has 0 saturated heterocycles. The number of amides is 1. The maximum absolute atomic E-state index is 12.3. The van der Waals surface area contributed by atoms with E-state index in [1.165, 1.54) is 11.1 Å². The van der Waals surface area contributed by atoms with Gasteiger partial charge in [0.2, 0.25) is 0 Å². The van der Waals surface area contributed by atoms with Gasteiger partial charge < -0.3 is 9.84 Å². The monoisotopic (exact) mass is 355 g/mol. The summed E-state index contributed by atoms with van der Waals surface area (Å²) in [5.41, 5.74) is 3.17. The molecule has 2 heterocycles. The minimum absolute atomic E-state index is 0.142. The number of nitrogens with zero attached hydrogens (tertiary/aromatic N) is 2. The van der Waals surface area contributed by atoms with Gasteiger partial charge in [0.15, 0.2) is 11.5 Å². The molecular weight excluding hydrogens is 326 g/mol. The SMILES string of the molecule is CC(C)CCC(C)NC(=O)c1cc(CN2CCc3ccccc3C2)on1. The zero-order valence-electron chi connectivity index (χ0n) is 16.0. The van der Waals surface area contributed by atoms with Crippen molar-refractivity contribution in [2.75, 3.05) is 6.54 Å². The number of nitrogens with one attached hydrogen (secondary N) is 1. The molecule has 2 aromatic rings. The molecule has 1 N–H and O–H groups in total. The van der Waals surface area contributed by atoms with Gasteiger partial charge in [0.1, 0.15) is 0 Å². The van der Waals surface area contributed by atoms with Crippen LogP contribution in [0.5, 0.6) is 0 Å². The van der Waals surface area contributed by atoms with Gasteiger partial charge in [-0.15, -0.1) is 0 Å². The molecule has 1 aliphatic rings. The average molecular weight is 355 g/mol. The number of hydrogen-bond acceptors (Lipinski definition) is 4. The fourth-order valence-electron chi connectivity index (χ4n) is 3.36. The Morgan fingerprint density at radius 3 is 2.77 bits per heavy atom. The summed E-state index contributed by atoms with van der Waals surface area (Å²) < 4.78 is 5.40. The van der Waals surface area contributed by atoms with Crippen molar-refractivity contribution in [1.29, 1.82) is 0 Å². The summed E-state index contributed by atoms with van der Waals surface area (Å²) in [6.45, 7) is 9.00. The van der Waals surface area contributed by atoms with E-state index < -0.39 is 0 Å². The van der Waals surface area contributed by atoms with Crippen LogP contribution in [0.4, 0.5) is 0 Å². The largest absolute Gasteiger partial charge is 0.359 e. The van der Waals surface area contributed by atoms with Gasteiger partial charge >= 0.3 is 0 Å². The molecule has 5 heteroatoms. The smallest absolute Gasteiger partial charge is 0.273 e. The molecule has 3 rings (SSSR count). The van der Waals surface area contributed by atoms with Crippen LogP contribution in [0.3, 0.4) is 0 Å². The molecule has 5 nitrogen and oxygen atoms in total. The second kappa shape index (κ2) is 8.49. The molecule has 1 aromatic carbocycles. The van der Waals surface area contributed by atoms with E-state index in [0.717, 1.165) is 38.1 Å². The third-order valence-corrected chi connectivity index (χ3v) is 4.94. The molecule has 0 spiro atoms. The molecule has 140 valence electrons. The van der Waals surface area contributed by atoms with E-state index in [4.69, 9.17) is 4.52 Å². The van der Waals surface area contributed by atoms with E-state index >= 15 is 0 Å². The molecule has 0 radical (unpaired) electrons. The Kier molecular flexibility index (Phi) is 6.09. The van der Waals surface area contributed by atoms with Crippen LogP contribution in [0, 0.1) is 5.92 Å². The Balaban J connectivity index is 1.52. The lowest BCUT2D eigenvalue weighted by molar-refractivity contribution is 0.0928. The van der Waals surface area contributed by atoms with Gasteiger partial charge in [-0.25, -0.2) is 0 Å². The second-order valence-electron chi connectivity index (χ2n) is 7.75. The first-order valence-electron chi connectivity index (χ1n) is 9.57. The Labute approximate surface area is 155 Å². The van der Waals surface area contributed by atoms with Gasteiger partial charge in [0.05, 0.1) is 6.54 Å². The van der Waals surface area contributed by atoms with E-state index in [2.05, 4.69) is 53.5 Å². The highest BCUT2D eigenvalue weighted by Crippen LogP contribution is 2.20. The van der Waals surface area contributed by atoms with Crippen molar-refractivity contribution in [3.05, 3.63) is 52.9 Å². The normalized spacial score (nSPS) is 15.7. The lowest BCUT2D eigenvalue weighted by Crippen LogP contribution is -2.33. The van der Waals surface area contributed by atoms with Gasteiger partial charge in [-0.2, -0.15) is 0 Å². The van der Waals surface area contributed by atoms with Crippen molar-refractivity contribution in [3.8, 4) is 0 Å². The van der Waals surface area contributed by atoms with Crippen molar-refractivity contribution >= 4 is 5.91 Å². The Hall–Kier alpha value is -2.14. The molecule has 1 aliphatic heterocycles. The third kappa shape index (κ3) is 4.94. The summed E-state index contributed by atoms with van der Waals surface area (Å²) in [7, 11) is 0. The number of carbonyl (C=O) groups excluding carboxylic acids is 1. The van der Waals surface area contributed by atoms with E-state index in [0.29, 0.717) is 18.2 Å². The quantitative estimate of drug-likeness (QED) is 0.821. The number of aromatic nitrogens is 1. The molecule has 0 aliphatic carbocycles. The van der Waals surface area contributed by atoms with Crippen molar-refractivity contribution in [1.82, 2.24) is 15.4 Å². The highest BCUT2D eigenvalue weighted by molar-refractivity contribution is 5.92. The standard InChI is InChI=1S/C21H29N3O2/c1-15(2)8-9-16(3)22-21(25)20-12-19(26-23-20)14-24-11-10-17-6-4-5-7-18(17)13-24/h4-7,12,15-16H,8-11,13-14H2,1-3H3,(H,22,25). The Morgan fingerprint density at radius 2 is 2.00 bits per heavy atom. The molecule has 0 fully saturated rings. The molecule has 1 amide bonds. The summed E-state index contributed by atoms with van der Waals surface area (Å²) in [5.74, 6) is 1.23. The van der Waals surface area contributed by atoms with Crippen LogP contribution in [0.1, 0.15) is 61.0 Å². The zero-order chi connectivity index (χ0) is 18.5. The minimum atomic E-state index is -0.153. The predicted molar refractivity (Wildman–Crippen MR) is 102 cm³/mol. The van der Waals surface area contributed by atoms with E-state index in [-0.39, 0.29) is 11.9 Å². The molecular formula is C21H29N3O2. The molecule has 26 heavy (non-hydrogen) atoms. The third-order valence-electron chi connectivity index (χ3n) is 4.94. The summed E-state index contributed by atoms with van der Waals surface area (Å²) >= 11 is 0. The van der Waals surface area contributed by atoms with Crippen molar-refractivity contribution < 1.29 is 9.32 Å². The number of rotatable bonds is 7. The first kappa shape index (κ1) is 18.6. The highest BCUT2D eigenvalue weighted by Gasteiger charge is 2.19. The summed E-state index contributed by atoms with van der Waals surface area (Å²) in [4.78, 5) is 14.7. The van der Waals surface area contributed by atoms with Crippen LogP contribution in [0.15, 0.2) is 34.9 Å². The van der Waals surface area contributed by atoms with Gasteiger partial charge in [0.25, 0.3) is 5.91 Å². The highest BCUT2D eigenvalue weighted by atomic mass is 16.5. The maximum atomic E-state index is 12.3. The molecule has 1 unspecified atom stereocenters. The van der Waals surface area contributed by atoms with Crippen LogP contribution >= 0.6 is 0 Å².